The molecule has 21 heavy (non-hydrogen) atoms. The van der Waals surface area contributed by atoms with Crippen LogP contribution in [0.4, 0.5) is 0 Å². The van der Waals surface area contributed by atoms with Crippen molar-refractivity contribution >= 4 is 11.8 Å². The van der Waals surface area contributed by atoms with Crippen LogP contribution >= 0.6 is 0 Å². The molecule has 2 N–H and O–H groups in total. The second kappa shape index (κ2) is 6.93. The van der Waals surface area contributed by atoms with Crippen molar-refractivity contribution in [3.63, 3.8) is 0 Å². The van der Waals surface area contributed by atoms with Gasteiger partial charge in [0, 0.05) is 33.9 Å². The number of carbonyl (C=O) groups excluding carboxylic acids is 2. The normalized spacial score (nSPS) is 16.4. The minimum atomic E-state index is -0.382. The number of rotatable bonds is 6. The van der Waals surface area contributed by atoms with Crippen LogP contribution in [0.1, 0.15) is 25.7 Å². The first kappa shape index (κ1) is 17.5. The zero-order valence-electron chi connectivity index (χ0n) is 13.7. The minimum absolute atomic E-state index is 0.0833. The van der Waals surface area contributed by atoms with E-state index >= 15 is 0 Å². The summed E-state index contributed by atoms with van der Waals surface area (Å²) in [6.45, 7) is 4.34. The summed E-state index contributed by atoms with van der Waals surface area (Å²) in [5, 5.41) is 0. The molecule has 1 aliphatic rings. The predicted octanol–water partition coefficient (Wildman–Crippen LogP) is 0.250. The number of nitrogens with zero attached hydrogens (tertiary/aromatic N) is 3. The third-order valence-electron chi connectivity index (χ3n) is 4.20. The van der Waals surface area contributed by atoms with E-state index in [1.807, 2.05) is 11.9 Å². The summed E-state index contributed by atoms with van der Waals surface area (Å²) in [6.07, 6.45) is 4.04. The summed E-state index contributed by atoms with van der Waals surface area (Å²) >= 11 is 0. The lowest BCUT2D eigenvalue weighted by molar-refractivity contribution is -0.138. The van der Waals surface area contributed by atoms with Crippen molar-refractivity contribution in [3.05, 3.63) is 12.3 Å². The molecule has 0 spiro atoms. The van der Waals surface area contributed by atoms with Gasteiger partial charge in [-0.25, -0.2) is 0 Å². The zero-order chi connectivity index (χ0) is 16.2. The molecule has 120 valence electrons. The molecular weight excluding hydrogens is 268 g/mol. The molecule has 0 saturated heterocycles. The highest BCUT2D eigenvalue weighted by Gasteiger charge is 2.34. The third-order valence-corrected chi connectivity index (χ3v) is 4.20. The Balaban J connectivity index is 2.53. The first-order chi connectivity index (χ1) is 9.67. The summed E-state index contributed by atoms with van der Waals surface area (Å²) in [6, 6.07) is 0. The van der Waals surface area contributed by atoms with Crippen LogP contribution in [0.2, 0.25) is 0 Å². The van der Waals surface area contributed by atoms with Gasteiger partial charge >= 0.3 is 0 Å². The lowest BCUT2D eigenvalue weighted by Crippen LogP contribution is -2.47. The van der Waals surface area contributed by atoms with Crippen LogP contribution in [0.25, 0.3) is 0 Å². The van der Waals surface area contributed by atoms with Crippen molar-refractivity contribution < 1.29 is 9.59 Å². The highest BCUT2D eigenvalue weighted by atomic mass is 16.2. The predicted molar refractivity (Wildman–Crippen MR) is 83.5 cm³/mol. The first-order valence-electron chi connectivity index (χ1n) is 7.31. The Hall–Kier alpha value is -1.56. The summed E-state index contributed by atoms with van der Waals surface area (Å²) < 4.78 is 0. The molecular formula is C15H28N4O2. The molecule has 0 aromatic carbocycles. The van der Waals surface area contributed by atoms with Crippen LogP contribution in [0.3, 0.4) is 0 Å². The topological polar surface area (TPSA) is 69.9 Å². The van der Waals surface area contributed by atoms with Gasteiger partial charge in [0.15, 0.2) is 0 Å². The summed E-state index contributed by atoms with van der Waals surface area (Å²) in [7, 11) is 6.81. The van der Waals surface area contributed by atoms with Crippen molar-refractivity contribution in [2.45, 2.75) is 31.2 Å². The number of likely N-dealkylation sites (N-methyl/N-ethyl adjacent to an activating group) is 3. The minimum Gasteiger partial charge on any atom is -0.368 e. The Morgan fingerprint density at radius 1 is 1.00 bits per heavy atom. The van der Waals surface area contributed by atoms with Gasteiger partial charge in [0.05, 0.1) is 18.6 Å². The van der Waals surface area contributed by atoms with Crippen LogP contribution < -0.4 is 5.73 Å². The van der Waals surface area contributed by atoms with Gasteiger partial charge < -0.3 is 20.4 Å². The fraction of sp³-hybridized carbons (Fsp3) is 0.733. The lowest BCUT2D eigenvalue weighted by atomic mass is 9.94. The molecule has 2 amide bonds. The maximum Gasteiger partial charge on any atom is 0.242 e. The molecule has 0 atom stereocenters. The molecule has 6 heteroatoms. The zero-order valence-corrected chi connectivity index (χ0v) is 13.7. The number of nitrogens with two attached hydrogens (primary N) is 1. The molecule has 1 rings (SSSR count). The maximum atomic E-state index is 12.2. The van der Waals surface area contributed by atoms with E-state index in [1.165, 1.54) is 9.80 Å². The Labute approximate surface area is 127 Å². The molecule has 0 aromatic rings. The van der Waals surface area contributed by atoms with E-state index < -0.39 is 0 Å². The molecule has 0 bridgehead atoms. The van der Waals surface area contributed by atoms with E-state index in [0.29, 0.717) is 0 Å². The van der Waals surface area contributed by atoms with Crippen LogP contribution in [-0.4, -0.2) is 73.3 Å². The van der Waals surface area contributed by atoms with Crippen LogP contribution in [0.15, 0.2) is 12.3 Å². The van der Waals surface area contributed by atoms with Gasteiger partial charge in [-0.3, -0.25) is 9.59 Å². The van der Waals surface area contributed by atoms with E-state index in [9.17, 15) is 9.59 Å². The highest BCUT2D eigenvalue weighted by molar-refractivity contribution is 5.85. The van der Waals surface area contributed by atoms with Gasteiger partial charge in [0.1, 0.15) is 0 Å². The van der Waals surface area contributed by atoms with Crippen molar-refractivity contribution in [3.8, 4) is 0 Å². The molecule has 0 aromatic heterocycles. The summed E-state index contributed by atoms with van der Waals surface area (Å²) in [5.41, 5.74) is 6.77. The van der Waals surface area contributed by atoms with Gasteiger partial charge in [-0.2, -0.15) is 0 Å². The molecule has 0 unspecified atom stereocenters. The number of amides is 2. The van der Waals surface area contributed by atoms with Gasteiger partial charge in [-0.15, -0.1) is 0 Å². The first-order valence-corrected chi connectivity index (χ1v) is 7.31. The molecule has 0 radical (unpaired) electrons. The Morgan fingerprint density at radius 2 is 1.48 bits per heavy atom. The van der Waals surface area contributed by atoms with E-state index in [-0.39, 0.29) is 30.4 Å². The largest absolute Gasteiger partial charge is 0.368 e. The number of hydrogen-bond donors (Lipinski definition) is 1. The Morgan fingerprint density at radius 3 is 1.95 bits per heavy atom. The molecule has 0 heterocycles. The lowest BCUT2D eigenvalue weighted by Gasteiger charge is -2.34. The molecule has 1 fully saturated rings. The fourth-order valence-electron chi connectivity index (χ4n) is 2.53. The van der Waals surface area contributed by atoms with E-state index in [0.717, 1.165) is 31.4 Å². The van der Waals surface area contributed by atoms with Crippen molar-refractivity contribution in [1.82, 2.24) is 14.7 Å². The van der Waals surface area contributed by atoms with Gasteiger partial charge in [-0.1, -0.05) is 19.4 Å². The molecule has 6 nitrogen and oxygen atoms in total. The number of hydrogen-bond acceptors (Lipinski definition) is 4. The average Bonchev–Trinajstić information content (AvgIpc) is 2.85. The van der Waals surface area contributed by atoms with E-state index in [1.54, 1.807) is 21.1 Å². The van der Waals surface area contributed by atoms with Gasteiger partial charge in [0.2, 0.25) is 11.8 Å². The third kappa shape index (κ3) is 4.46. The van der Waals surface area contributed by atoms with Crippen molar-refractivity contribution in [1.29, 1.82) is 0 Å². The van der Waals surface area contributed by atoms with Gasteiger partial charge in [-0.05, 0) is 12.8 Å². The standard InChI is InChI=1S/C15H28N4O2/c1-12(15(16)8-6-7-9-15)18(4)11-14(21)19(5)10-13(20)17(2)3/h1,6-11,16H2,2-5H3. The number of carbonyl (C=O) groups is 2. The Kier molecular flexibility index (Phi) is 5.78. The van der Waals surface area contributed by atoms with Crippen LogP contribution in [-0.2, 0) is 9.59 Å². The molecule has 1 aliphatic carbocycles. The summed E-state index contributed by atoms with van der Waals surface area (Å²) in [5.74, 6) is -0.214. The fourth-order valence-corrected chi connectivity index (χ4v) is 2.53. The Bertz CT molecular complexity index is 414. The van der Waals surface area contributed by atoms with Crippen molar-refractivity contribution in [2.75, 3.05) is 41.3 Å². The molecule has 0 aliphatic heterocycles. The van der Waals surface area contributed by atoms with Gasteiger partial charge in [0.25, 0.3) is 0 Å². The highest BCUT2D eigenvalue weighted by Crippen LogP contribution is 2.33. The second-order valence-corrected chi connectivity index (χ2v) is 6.20. The van der Waals surface area contributed by atoms with E-state index in [4.69, 9.17) is 5.73 Å². The smallest absolute Gasteiger partial charge is 0.242 e. The quantitative estimate of drug-likeness (QED) is 0.763. The average molecular weight is 296 g/mol. The van der Waals surface area contributed by atoms with Crippen LogP contribution in [0.5, 0.6) is 0 Å². The summed E-state index contributed by atoms with van der Waals surface area (Å²) in [4.78, 5) is 28.5. The maximum absolute atomic E-state index is 12.2. The monoisotopic (exact) mass is 296 g/mol. The second-order valence-electron chi connectivity index (χ2n) is 6.20. The van der Waals surface area contributed by atoms with Crippen LogP contribution in [0, 0.1) is 0 Å². The molecule has 1 saturated carbocycles. The van der Waals surface area contributed by atoms with Crippen molar-refractivity contribution in [2.24, 2.45) is 5.73 Å². The van der Waals surface area contributed by atoms with E-state index in [2.05, 4.69) is 6.58 Å². The SMILES string of the molecule is C=C(N(C)CC(=O)N(C)CC(=O)N(C)C)C1(N)CCCC1.